The molecule has 1 saturated heterocycles. The van der Waals surface area contributed by atoms with Gasteiger partial charge in [-0.05, 0) is 46.1 Å². The Hall–Kier alpha value is -2.02. The maximum absolute atomic E-state index is 12.9. The molecule has 1 aromatic rings. The minimum atomic E-state index is -0.158. The van der Waals surface area contributed by atoms with E-state index >= 15 is 0 Å². The lowest BCUT2D eigenvalue weighted by Gasteiger charge is -2.28. The van der Waals surface area contributed by atoms with Crippen LogP contribution in [0.1, 0.15) is 68.6 Å². The van der Waals surface area contributed by atoms with E-state index in [4.69, 9.17) is 0 Å². The summed E-state index contributed by atoms with van der Waals surface area (Å²) in [6.07, 6.45) is 7.16. The fraction of sp³-hybridized carbons (Fsp3) is 0.700. The first-order chi connectivity index (χ1) is 13.1. The van der Waals surface area contributed by atoms with Crippen LogP contribution in [0.4, 0.5) is 0 Å². The Morgan fingerprint density at radius 1 is 1.19 bits per heavy atom. The molecule has 1 aliphatic heterocycles. The summed E-state index contributed by atoms with van der Waals surface area (Å²) in [5.41, 5.74) is 0.486. The zero-order chi connectivity index (χ0) is 19.4. The smallest absolute Gasteiger partial charge is 0.254 e. The van der Waals surface area contributed by atoms with Crippen molar-refractivity contribution in [3.05, 3.63) is 23.8 Å². The van der Waals surface area contributed by atoms with Crippen LogP contribution in [0.15, 0.2) is 12.4 Å². The topological polar surface area (TPSA) is 78.4 Å². The van der Waals surface area contributed by atoms with E-state index in [1.807, 2.05) is 18.7 Å². The number of likely N-dealkylation sites (tertiary alicyclic amines) is 1. The molecule has 2 amide bonds. The monoisotopic (exact) mass is 373 g/mol. The number of amides is 2. The molecule has 2 fully saturated rings. The van der Waals surface area contributed by atoms with E-state index < -0.39 is 0 Å². The van der Waals surface area contributed by atoms with Crippen LogP contribution in [0.25, 0.3) is 0 Å². The molecular formula is C20H31N5O2. The van der Waals surface area contributed by atoms with E-state index in [-0.39, 0.29) is 23.9 Å². The molecule has 1 aromatic heterocycles. The lowest BCUT2D eigenvalue weighted by atomic mass is 10.1. The molecule has 0 spiro atoms. The molecule has 0 radical (unpaired) electrons. The highest BCUT2D eigenvalue weighted by Gasteiger charge is 2.38. The number of carbonyl (C=O) groups excluding carboxylic acids is 2. The van der Waals surface area contributed by atoms with Crippen LogP contribution in [-0.2, 0) is 4.79 Å². The first-order valence-corrected chi connectivity index (χ1v) is 10.2. The van der Waals surface area contributed by atoms with Gasteiger partial charge in [0.15, 0.2) is 0 Å². The van der Waals surface area contributed by atoms with E-state index in [2.05, 4.69) is 27.1 Å². The molecule has 2 atom stereocenters. The zero-order valence-electron chi connectivity index (χ0n) is 16.6. The van der Waals surface area contributed by atoms with E-state index in [9.17, 15) is 9.59 Å². The van der Waals surface area contributed by atoms with Crippen molar-refractivity contribution in [2.75, 3.05) is 26.2 Å². The van der Waals surface area contributed by atoms with Gasteiger partial charge in [0.05, 0.1) is 11.6 Å². The summed E-state index contributed by atoms with van der Waals surface area (Å²) in [6, 6.07) is -0.180. The molecule has 27 heavy (non-hydrogen) atoms. The van der Waals surface area contributed by atoms with Gasteiger partial charge in [-0.3, -0.25) is 14.5 Å². The predicted molar refractivity (Wildman–Crippen MR) is 103 cm³/mol. The summed E-state index contributed by atoms with van der Waals surface area (Å²) in [7, 11) is 0. The van der Waals surface area contributed by atoms with Gasteiger partial charge < -0.3 is 10.2 Å². The van der Waals surface area contributed by atoms with Gasteiger partial charge in [0.1, 0.15) is 5.82 Å². The fourth-order valence-corrected chi connectivity index (χ4v) is 3.82. The lowest BCUT2D eigenvalue weighted by molar-refractivity contribution is -0.135. The number of nitrogens with one attached hydrogen (secondary N) is 1. The van der Waals surface area contributed by atoms with Crippen molar-refractivity contribution < 1.29 is 9.59 Å². The number of aromatic nitrogens is 2. The minimum Gasteiger partial charge on any atom is -0.348 e. The quantitative estimate of drug-likeness (QED) is 0.752. The predicted octanol–water partition coefficient (Wildman–Crippen LogP) is 1.81. The maximum atomic E-state index is 12.9. The number of carbonyl (C=O) groups is 2. The van der Waals surface area contributed by atoms with Crippen LogP contribution in [0.3, 0.4) is 0 Å². The molecule has 2 aliphatic rings. The molecule has 7 heteroatoms. The van der Waals surface area contributed by atoms with Crippen molar-refractivity contribution >= 4 is 11.8 Å². The summed E-state index contributed by atoms with van der Waals surface area (Å²) < 4.78 is 0. The Morgan fingerprint density at radius 3 is 2.41 bits per heavy atom. The normalized spacial score (nSPS) is 22.6. The number of hydrogen-bond acceptors (Lipinski definition) is 5. The molecule has 0 aromatic carbocycles. The Labute approximate surface area is 161 Å². The standard InChI is InChI=1S/C20H31N5O2/c1-4-9-25-13-16(10-17(25)20(27)24(5-2)6-3)23-19(26)15-11-21-18(22-12-15)14-7-8-14/h11-12,14,16-17H,4-10,13H2,1-3H3,(H,23,26)/t16-,17+/m1/s1. The van der Waals surface area contributed by atoms with Crippen molar-refractivity contribution in [3.8, 4) is 0 Å². The van der Waals surface area contributed by atoms with Gasteiger partial charge in [0.25, 0.3) is 5.91 Å². The van der Waals surface area contributed by atoms with E-state index in [1.54, 1.807) is 12.4 Å². The van der Waals surface area contributed by atoms with Gasteiger partial charge in [0, 0.05) is 44.0 Å². The minimum absolute atomic E-state index is 0.0309. The van der Waals surface area contributed by atoms with E-state index in [0.29, 0.717) is 37.5 Å². The molecule has 1 N–H and O–H groups in total. The van der Waals surface area contributed by atoms with Crippen LogP contribution >= 0.6 is 0 Å². The number of likely N-dealkylation sites (N-methyl/N-ethyl adjacent to an activating group) is 1. The highest BCUT2D eigenvalue weighted by Crippen LogP contribution is 2.37. The summed E-state index contributed by atoms with van der Waals surface area (Å²) in [6.45, 7) is 9.13. The van der Waals surface area contributed by atoms with Crippen LogP contribution < -0.4 is 5.32 Å². The third-order valence-electron chi connectivity index (χ3n) is 5.49. The Morgan fingerprint density at radius 2 is 1.85 bits per heavy atom. The summed E-state index contributed by atoms with van der Waals surface area (Å²) >= 11 is 0. The SMILES string of the molecule is CCCN1C[C@H](NC(=O)c2cnc(C3CC3)nc2)C[C@H]1C(=O)N(CC)CC. The summed E-state index contributed by atoms with van der Waals surface area (Å²) in [4.78, 5) is 38.2. The van der Waals surface area contributed by atoms with E-state index in [1.165, 1.54) is 0 Å². The van der Waals surface area contributed by atoms with Crippen molar-refractivity contribution in [1.82, 2.24) is 25.1 Å². The van der Waals surface area contributed by atoms with Gasteiger partial charge in [-0.15, -0.1) is 0 Å². The van der Waals surface area contributed by atoms with E-state index in [0.717, 1.165) is 31.6 Å². The average Bonchev–Trinajstić information content (AvgIpc) is 3.45. The maximum Gasteiger partial charge on any atom is 0.254 e. The van der Waals surface area contributed by atoms with Crippen LogP contribution in [-0.4, -0.2) is 69.8 Å². The fourth-order valence-electron chi connectivity index (χ4n) is 3.82. The van der Waals surface area contributed by atoms with Gasteiger partial charge in [-0.25, -0.2) is 9.97 Å². The summed E-state index contributed by atoms with van der Waals surface area (Å²) in [5.74, 6) is 1.33. The van der Waals surface area contributed by atoms with Crippen LogP contribution in [0.2, 0.25) is 0 Å². The second-order valence-electron chi connectivity index (χ2n) is 7.53. The molecule has 1 aliphatic carbocycles. The van der Waals surface area contributed by atoms with Crippen molar-refractivity contribution in [2.24, 2.45) is 0 Å². The first kappa shape index (κ1) is 19.7. The third-order valence-corrected chi connectivity index (χ3v) is 5.49. The molecule has 148 valence electrons. The molecule has 7 nitrogen and oxygen atoms in total. The largest absolute Gasteiger partial charge is 0.348 e. The third kappa shape index (κ3) is 4.64. The van der Waals surface area contributed by atoms with Gasteiger partial charge in [-0.2, -0.15) is 0 Å². The Bertz CT molecular complexity index is 655. The summed E-state index contributed by atoms with van der Waals surface area (Å²) in [5, 5.41) is 3.08. The molecule has 2 heterocycles. The highest BCUT2D eigenvalue weighted by atomic mass is 16.2. The molecule has 0 unspecified atom stereocenters. The Kier molecular flexibility index (Phi) is 6.42. The molecular weight excluding hydrogens is 342 g/mol. The first-order valence-electron chi connectivity index (χ1n) is 10.2. The average molecular weight is 374 g/mol. The molecule has 0 bridgehead atoms. The number of hydrogen-bond donors (Lipinski definition) is 1. The number of nitrogens with zero attached hydrogens (tertiary/aromatic N) is 4. The van der Waals surface area contributed by atoms with Gasteiger partial charge in [0.2, 0.25) is 5.91 Å². The number of rotatable bonds is 8. The second kappa shape index (κ2) is 8.78. The van der Waals surface area contributed by atoms with Crippen molar-refractivity contribution in [2.45, 2.75) is 64.5 Å². The zero-order valence-corrected chi connectivity index (χ0v) is 16.6. The van der Waals surface area contributed by atoms with Crippen LogP contribution in [0.5, 0.6) is 0 Å². The van der Waals surface area contributed by atoms with Crippen molar-refractivity contribution in [1.29, 1.82) is 0 Å². The van der Waals surface area contributed by atoms with Gasteiger partial charge in [-0.1, -0.05) is 6.92 Å². The molecule has 3 rings (SSSR count). The Balaban J connectivity index is 1.62. The molecule has 1 saturated carbocycles. The van der Waals surface area contributed by atoms with Crippen molar-refractivity contribution in [3.63, 3.8) is 0 Å². The lowest BCUT2D eigenvalue weighted by Crippen LogP contribution is -2.45. The second-order valence-corrected chi connectivity index (χ2v) is 7.53. The van der Waals surface area contributed by atoms with Crippen LogP contribution in [0, 0.1) is 0 Å². The van der Waals surface area contributed by atoms with Gasteiger partial charge >= 0.3 is 0 Å². The highest BCUT2D eigenvalue weighted by molar-refractivity contribution is 5.94.